The molecule has 1 unspecified atom stereocenters. The summed E-state index contributed by atoms with van der Waals surface area (Å²) in [5, 5.41) is 20.0. The second-order valence-electron chi connectivity index (χ2n) is 9.83. The van der Waals surface area contributed by atoms with Crippen LogP contribution in [0.3, 0.4) is 0 Å². The molecule has 1 aliphatic rings. The minimum atomic E-state index is -0.682. The summed E-state index contributed by atoms with van der Waals surface area (Å²) >= 11 is 0. The van der Waals surface area contributed by atoms with Crippen LogP contribution >= 0.6 is 0 Å². The van der Waals surface area contributed by atoms with E-state index in [1.165, 1.54) is 0 Å². The van der Waals surface area contributed by atoms with Crippen LogP contribution in [0.5, 0.6) is 11.5 Å². The summed E-state index contributed by atoms with van der Waals surface area (Å²) < 4.78 is 6.01. The lowest BCUT2D eigenvalue weighted by Crippen LogP contribution is -2.49. The van der Waals surface area contributed by atoms with Crippen LogP contribution in [0, 0.1) is 0 Å². The standard InChI is InChI=1S/C30H37N5O5/c31-26(17-21-7-9-24(36)10-8-21)30(39)33-11-3-4-16-40-27-19-23-6-2-1-5-22(23)18-25(27)29(38)34-20-28(37)35-14-12-32-13-15-35/h1-2,5-10,18-19,26,32,36H,3-4,11-17,20,31H2,(H,33,39)(H,34,38). The molecule has 6 N–H and O–H groups in total. The third-order valence-corrected chi connectivity index (χ3v) is 6.82. The highest BCUT2D eigenvalue weighted by atomic mass is 16.5. The highest BCUT2D eigenvalue weighted by Gasteiger charge is 2.19. The minimum Gasteiger partial charge on any atom is -0.508 e. The van der Waals surface area contributed by atoms with Crippen molar-refractivity contribution in [3.8, 4) is 11.5 Å². The summed E-state index contributed by atoms with van der Waals surface area (Å²) in [4.78, 5) is 39.7. The lowest BCUT2D eigenvalue weighted by molar-refractivity contribution is -0.130. The van der Waals surface area contributed by atoms with Crippen LogP contribution in [-0.2, 0) is 16.0 Å². The molecular formula is C30H37N5O5. The van der Waals surface area contributed by atoms with Gasteiger partial charge in [-0.25, -0.2) is 0 Å². The number of nitrogens with one attached hydrogen (secondary N) is 3. The molecule has 40 heavy (non-hydrogen) atoms. The van der Waals surface area contributed by atoms with E-state index in [4.69, 9.17) is 10.5 Å². The average molecular weight is 548 g/mol. The fraction of sp³-hybridized carbons (Fsp3) is 0.367. The molecule has 4 rings (SSSR count). The summed E-state index contributed by atoms with van der Waals surface area (Å²) in [6, 6.07) is 17.3. The molecule has 0 spiro atoms. The molecule has 3 aromatic rings. The van der Waals surface area contributed by atoms with E-state index in [1.807, 2.05) is 30.3 Å². The first-order valence-electron chi connectivity index (χ1n) is 13.6. The smallest absolute Gasteiger partial charge is 0.255 e. The van der Waals surface area contributed by atoms with Gasteiger partial charge < -0.3 is 36.4 Å². The van der Waals surface area contributed by atoms with Gasteiger partial charge in [0.05, 0.1) is 24.8 Å². The summed E-state index contributed by atoms with van der Waals surface area (Å²) in [5.74, 6) is -0.0907. The van der Waals surface area contributed by atoms with E-state index < -0.39 is 6.04 Å². The Balaban J connectivity index is 1.26. The lowest BCUT2D eigenvalue weighted by Gasteiger charge is -2.27. The second kappa shape index (κ2) is 14.3. The van der Waals surface area contributed by atoms with Crippen LogP contribution in [0.2, 0.25) is 0 Å². The Labute approximate surface area is 233 Å². The molecule has 212 valence electrons. The van der Waals surface area contributed by atoms with Crippen molar-refractivity contribution in [1.29, 1.82) is 0 Å². The number of aromatic hydroxyl groups is 1. The zero-order valence-electron chi connectivity index (χ0n) is 22.5. The predicted octanol–water partition coefficient (Wildman–Crippen LogP) is 1.55. The molecule has 1 saturated heterocycles. The van der Waals surface area contributed by atoms with Gasteiger partial charge in [0, 0.05) is 32.7 Å². The van der Waals surface area contributed by atoms with Gasteiger partial charge in [0.25, 0.3) is 5.91 Å². The number of carbonyl (C=O) groups is 3. The number of piperazine rings is 1. The predicted molar refractivity (Wildman–Crippen MR) is 153 cm³/mol. The SMILES string of the molecule is NC(Cc1ccc(O)cc1)C(=O)NCCCCOc1cc2ccccc2cc1C(=O)NCC(=O)N1CCNCC1. The first-order chi connectivity index (χ1) is 19.4. The van der Waals surface area contributed by atoms with Gasteiger partial charge in [0.15, 0.2) is 0 Å². The number of ether oxygens (including phenoxy) is 1. The molecular weight excluding hydrogens is 510 g/mol. The zero-order valence-corrected chi connectivity index (χ0v) is 22.5. The first-order valence-corrected chi connectivity index (χ1v) is 13.6. The van der Waals surface area contributed by atoms with Crippen molar-refractivity contribution >= 4 is 28.5 Å². The Morgan fingerprint density at radius 3 is 2.40 bits per heavy atom. The number of phenols is 1. The van der Waals surface area contributed by atoms with E-state index in [9.17, 15) is 19.5 Å². The average Bonchev–Trinajstić information content (AvgIpc) is 2.98. The van der Waals surface area contributed by atoms with Gasteiger partial charge in [0.1, 0.15) is 11.5 Å². The number of rotatable bonds is 12. The third kappa shape index (κ3) is 8.17. The molecule has 1 heterocycles. The number of unbranched alkanes of at least 4 members (excludes halogenated alkanes) is 1. The lowest BCUT2D eigenvalue weighted by atomic mass is 10.1. The third-order valence-electron chi connectivity index (χ3n) is 6.82. The summed E-state index contributed by atoms with van der Waals surface area (Å²) in [5.41, 5.74) is 7.26. The quantitative estimate of drug-likeness (QED) is 0.216. The number of hydrogen-bond acceptors (Lipinski definition) is 7. The number of hydrogen-bond donors (Lipinski definition) is 5. The van der Waals surface area contributed by atoms with Crippen LogP contribution in [-0.4, -0.2) is 79.6 Å². The second-order valence-corrected chi connectivity index (χ2v) is 9.83. The van der Waals surface area contributed by atoms with Crippen molar-refractivity contribution in [1.82, 2.24) is 20.9 Å². The maximum Gasteiger partial charge on any atom is 0.255 e. The number of carbonyl (C=O) groups excluding carboxylic acids is 3. The Kier molecular flexibility index (Phi) is 10.3. The number of phenolic OH excluding ortho intramolecular Hbond substituents is 1. The Hall–Kier alpha value is -4.15. The number of amides is 3. The zero-order chi connectivity index (χ0) is 28.3. The Bertz CT molecular complexity index is 1310. The van der Waals surface area contributed by atoms with E-state index in [-0.39, 0.29) is 30.0 Å². The topological polar surface area (TPSA) is 146 Å². The molecule has 0 bridgehead atoms. The van der Waals surface area contributed by atoms with Crippen molar-refractivity contribution in [3.05, 3.63) is 71.8 Å². The van der Waals surface area contributed by atoms with Crippen molar-refractivity contribution in [2.45, 2.75) is 25.3 Å². The van der Waals surface area contributed by atoms with Gasteiger partial charge in [-0.05, 0) is 59.9 Å². The summed E-state index contributed by atoms with van der Waals surface area (Å²) in [7, 11) is 0. The highest BCUT2D eigenvalue weighted by Crippen LogP contribution is 2.26. The maximum absolute atomic E-state index is 13.1. The molecule has 1 aliphatic heterocycles. The molecule has 0 saturated carbocycles. The van der Waals surface area contributed by atoms with Gasteiger partial charge in [-0.3, -0.25) is 14.4 Å². The number of fused-ring (bicyclic) bond motifs is 1. The van der Waals surface area contributed by atoms with Gasteiger partial charge in [-0.15, -0.1) is 0 Å². The fourth-order valence-electron chi connectivity index (χ4n) is 4.52. The molecule has 0 radical (unpaired) electrons. The molecule has 0 aliphatic carbocycles. The van der Waals surface area contributed by atoms with Gasteiger partial charge in [-0.2, -0.15) is 0 Å². The van der Waals surface area contributed by atoms with Crippen LogP contribution in [0.1, 0.15) is 28.8 Å². The van der Waals surface area contributed by atoms with Crippen LogP contribution in [0.25, 0.3) is 10.8 Å². The molecule has 0 aromatic heterocycles. The van der Waals surface area contributed by atoms with Gasteiger partial charge in [0.2, 0.25) is 11.8 Å². The summed E-state index contributed by atoms with van der Waals surface area (Å²) in [6.45, 7) is 3.49. The Morgan fingerprint density at radius 1 is 0.975 bits per heavy atom. The summed E-state index contributed by atoms with van der Waals surface area (Å²) in [6.07, 6.45) is 1.71. The largest absolute Gasteiger partial charge is 0.508 e. The molecule has 1 atom stereocenters. The minimum absolute atomic E-state index is 0.0698. The fourth-order valence-corrected chi connectivity index (χ4v) is 4.52. The van der Waals surface area contributed by atoms with E-state index in [2.05, 4.69) is 16.0 Å². The number of benzene rings is 3. The normalized spacial score (nSPS) is 14.0. The van der Waals surface area contributed by atoms with E-state index in [0.717, 1.165) is 29.4 Å². The number of nitrogens with zero attached hydrogens (tertiary/aromatic N) is 1. The molecule has 3 aromatic carbocycles. The number of nitrogens with two attached hydrogens (primary N) is 1. The van der Waals surface area contributed by atoms with E-state index in [1.54, 1.807) is 35.2 Å². The van der Waals surface area contributed by atoms with Crippen molar-refractivity contribution in [2.24, 2.45) is 5.73 Å². The van der Waals surface area contributed by atoms with Crippen molar-refractivity contribution in [3.63, 3.8) is 0 Å². The van der Waals surface area contributed by atoms with E-state index in [0.29, 0.717) is 56.8 Å². The van der Waals surface area contributed by atoms with Crippen LogP contribution < -0.4 is 26.4 Å². The van der Waals surface area contributed by atoms with Crippen molar-refractivity contribution in [2.75, 3.05) is 45.9 Å². The molecule has 10 heteroatoms. The van der Waals surface area contributed by atoms with Crippen LogP contribution in [0.4, 0.5) is 0 Å². The first kappa shape index (κ1) is 28.8. The highest BCUT2D eigenvalue weighted by molar-refractivity contribution is 6.02. The van der Waals surface area contributed by atoms with E-state index >= 15 is 0 Å². The van der Waals surface area contributed by atoms with Gasteiger partial charge in [-0.1, -0.05) is 36.4 Å². The van der Waals surface area contributed by atoms with Crippen LogP contribution in [0.15, 0.2) is 60.7 Å². The Morgan fingerprint density at radius 2 is 1.68 bits per heavy atom. The van der Waals surface area contributed by atoms with Crippen molar-refractivity contribution < 1.29 is 24.2 Å². The molecule has 1 fully saturated rings. The maximum atomic E-state index is 13.1. The van der Waals surface area contributed by atoms with Gasteiger partial charge >= 0.3 is 0 Å². The molecule has 3 amide bonds. The monoisotopic (exact) mass is 547 g/mol. The molecule has 10 nitrogen and oxygen atoms in total.